The molecular weight excluding hydrogens is 229 g/mol. The maximum Gasteiger partial charge on any atom is 0.123 e. The summed E-state index contributed by atoms with van der Waals surface area (Å²) in [4.78, 5) is 7.95. The molecule has 0 saturated heterocycles. The molecule has 18 heavy (non-hydrogen) atoms. The lowest BCUT2D eigenvalue weighted by Gasteiger charge is -2.10. The van der Waals surface area contributed by atoms with E-state index in [0.29, 0.717) is 0 Å². The van der Waals surface area contributed by atoms with Crippen molar-refractivity contribution in [1.29, 1.82) is 0 Å². The van der Waals surface area contributed by atoms with Crippen LogP contribution in [0.5, 0.6) is 0 Å². The fraction of sp³-hybridized carbons (Fsp3) is 0.286. The number of nitrogens with one attached hydrogen (secondary N) is 1. The van der Waals surface area contributed by atoms with Gasteiger partial charge in [-0.2, -0.15) is 0 Å². The molecule has 0 aliphatic heterocycles. The Hall–Kier alpha value is -1.81. The first-order chi connectivity index (χ1) is 8.81. The lowest BCUT2D eigenvalue weighted by atomic mass is 10.0. The summed E-state index contributed by atoms with van der Waals surface area (Å²) in [5.74, 6) is -0.243. The first-order valence-corrected chi connectivity index (χ1v) is 6.05. The van der Waals surface area contributed by atoms with Gasteiger partial charge in [0.1, 0.15) is 12.1 Å². The highest BCUT2D eigenvalue weighted by Crippen LogP contribution is 2.23. The molecule has 0 fully saturated rings. The van der Waals surface area contributed by atoms with E-state index < -0.39 is 0 Å². The minimum atomic E-state index is -0.243. The van der Waals surface area contributed by atoms with Crippen LogP contribution in [0.1, 0.15) is 18.9 Å². The van der Waals surface area contributed by atoms with Crippen molar-refractivity contribution < 1.29 is 4.39 Å². The van der Waals surface area contributed by atoms with Crippen molar-refractivity contribution in [3.63, 3.8) is 0 Å². The smallest absolute Gasteiger partial charge is 0.123 e. The van der Waals surface area contributed by atoms with Gasteiger partial charge in [-0.3, -0.25) is 0 Å². The molecule has 1 aromatic carbocycles. The average Bonchev–Trinajstić information content (AvgIpc) is 2.41. The van der Waals surface area contributed by atoms with E-state index in [4.69, 9.17) is 0 Å². The van der Waals surface area contributed by atoms with Gasteiger partial charge in [-0.1, -0.05) is 13.0 Å². The van der Waals surface area contributed by atoms with Crippen molar-refractivity contribution in [3.8, 4) is 11.1 Å². The Balaban J connectivity index is 2.29. The zero-order chi connectivity index (χ0) is 12.8. The van der Waals surface area contributed by atoms with Crippen LogP contribution in [0.2, 0.25) is 0 Å². The van der Waals surface area contributed by atoms with Gasteiger partial charge in [0.05, 0.1) is 0 Å². The Labute approximate surface area is 106 Å². The van der Waals surface area contributed by atoms with Crippen LogP contribution in [0, 0.1) is 5.82 Å². The van der Waals surface area contributed by atoms with Crippen LogP contribution in [0.25, 0.3) is 11.1 Å². The van der Waals surface area contributed by atoms with Crippen molar-refractivity contribution >= 4 is 0 Å². The quantitative estimate of drug-likeness (QED) is 0.823. The van der Waals surface area contributed by atoms with Gasteiger partial charge >= 0.3 is 0 Å². The standard InChI is InChI=1S/C14H16FN3/c1-2-5-16-7-11-3-4-13(15)6-14(11)12-8-17-10-18-9-12/h3-4,6,8-10,16H,2,5,7H2,1H3. The van der Waals surface area contributed by atoms with Crippen molar-refractivity contribution in [2.24, 2.45) is 0 Å². The summed E-state index contributed by atoms with van der Waals surface area (Å²) in [6, 6.07) is 4.82. The lowest BCUT2D eigenvalue weighted by molar-refractivity contribution is 0.625. The first kappa shape index (κ1) is 12.6. The molecule has 0 unspecified atom stereocenters. The van der Waals surface area contributed by atoms with Gasteiger partial charge in [-0.05, 0) is 36.2 Å². The fourth-order valence-electron chi connectivity index (χ4n) is 1.81. The number of benzene rings is 1. The van der Waals surface area contributed by atoms with Gasteiger partial charge < -0.3 is 5.32 Å². The third-order valence-corrected chi connectivity index (χ3v) is 2.69. The number of aromatic nitrogens is 2. The van der Waals surface area contributed by atoms with Crippen molar-refractivity contribution in [3.05, 3.63) is 48.3 Å². The van der Waals surface area contributed by atoms with E-state index in [-0.39, 0.29) is 5.82 Å². The van der Waals surface area contributed by atoms with Gasteiger partial charge in [-0.15, -0.1) is 0 Å². The Morgan fingerprint density at radius 3 is 2.72 bits per heavy atom. The molecule has 3 nitrogen and oxygen atoms in total. The second kappa shape index (κ2) is 6.21. The van der Waals surface area contributed by atoms with Crippen LogP contribution in [-0.4, -0.2) is 16.5 Å². The fourth-order valence-corrected chi connectivity index (χ4v) is 1.81. The van der Waals surface area contributed by atoms with Gasteiger partial charge in [0.25, 0.3) is 0 Å². The van der Waals surface area contributed by atoms with Gasteiger partial charge in [-0.25, -0.2) is 14.4 Å². The molecular formula is C14H16FN3. The number of rotatable bonds is 5. The maximum absolute atomic E-state index is 13.4. The zero-order valence-corrected chi connectivity index (χ0v) is 10.4. The predicted octanol–water partition coefficient (Wildman–Crippen LogP) is 2.78. The normalized spacial score (nSPS) is 10.6. The van der Waals surface area contributed by atoms with Crippen molar-refractivity contribution in [2.75, 3.05) is 6.54 Å². The topological polar surface area (TPSA) is 37.8 Å². The van der Waals surface area contributed by atoms with E-state index in [1.54, 1.807) is 18.5 Å². The molecule has 0 aliphatic rings. The lowest BCUT2D eigenvalue weighted by Crippen LogP contribution is -2.14. The van der Waals surface area contributed by atoms with Gasteiger partial charge in [0, 0.05) is 24.5 Å². The predicted molar refractivity (Wildman–Crippen MR) is 69.4 cm³/mol. The van der Waals surface area contributed by atoms with Crippen LogP contribution >= 0.6 is 0 Å². The minimum Gasteiger partial charge on any atom is -0.313 e. The Kier molecular flexibility index (Phi) is 4.36. The maximum atomic E-state index is 13.4. The van der Waals surface area contributed by atoms with E-state index in [2.05, 4.69) is 22.2 Å². The molecule has 0 aliphatic carbocycles. The molecule has 1 aromatic heterocycles. The molecule has 0 bridgehead atoms. The number of hydrogen-bond acceptors (Lipinski definition) is 3. The summed E-state index contributed by atoms with van der Waals surface area (Å²) in [6.45, 7) is 3.78. The van der Waals surface area contributed by atoms with Crippen LogP contribution < -0.4 is 5.32 Å². The van der Waals surface area contributed by atoms with Crippen LogP contribution in [0.15, 0.2) is 36.9 Å². The average molecular weight is 245 g/mol. The largest absolute Gasteiger partial charge is 0.313 e. The summed E-state index contributed by atoms with van der Waals surface area (Å²) >= 11 is 0. The highest BCUT2D eigenvalue weighted by atomic mass is 19.1. The van der Waals surface area contributed by atoms with E-state index in [0.717, 1.165) is 36.2 Å². The molecule has 0 spiro atoms. The van der Waals surface area contributed by atoms with E-state index in [9.17, 15) is 4.39 Å². The third-order valence-electron chi connectivity index (χ3n) is 2.69. The molecule has 1 heterocycles. The molecule has 1 N–H and O–H groups in total. The second-order valence-electron chi connectivity index (χ2n) is 4.11. The van der Waals surface area contributed by atoms with Crippen LogP contribution in [-0.2, 0) is 6.54 Å². The SMILES string of the molecule is CCCNCc1ccc(F)cc1-c1cncnc1. The zero-order valence-electron chi connectivity index (χ0n) is 10.4. The Morgan fingerprint density at radius 1 is 1.22 bits per heavy atom. The first-order valence-electron chi connectivity index (χ1n) is 6.05. The van der Waals surface area contributed by atoms with E-state index >= 15 is 0 Å². The summed E-state index contributed by atoms with van der Waals surface area (Å²) in [5.41, 5.74) is 2.74. The molecule has 4 heteroatoms. The van der Waals surface area contributed by atoms with Crippen LogP contribution in [0.3, 0.4) is 0 Å². The highest BCUT2D eigenvalue weighted by Gasteiger charge is 2.06. The van der Waals surface area contributed by atoms with Crippen LogP contribution in [0.4, 0.5) is 4.39 Å². The number of halogens is 1. The molecule has 0 amide bonds. The second-order valence-corrected chi connectivity index (χ2v) is 4.11. The summed E-state index contributed by atoms with van der Waals surface area (Å²) in [7, 11) is 0. The molecule has 0 saturated carbocycles. The number of hydrogen-bond donors (Lipinski definition) is 1. The molecule has 0 radical (unpaired) electrons. The molecule has 2 rings (SSSR count). The Morgan fingerprint density at radius 2 is 2.00 bits per heavy atom. The monoisotopic (exact) mass is 245 g/mol. The highest BCUT2D eigenvalue weighted by molar-refractivity contribution is 5.65. The van der Waals surface area contributed by atoms with Crippen molar-refractivity contribution in [1.82, 2.24) is 15.3 Å². The summed E-state index contributed by atoms with van der Waals surface area (Å²) in [6.07, 6.45) is 5.94. The van der Waals surface area contributed by atoms with Crippen molar-refractivity contribution in [2.45, 2.75) is 19.9 Å². The summed E-state index contributed by atoms with van der Waals surface area (Å²) in [5, 5.41) is 3.32. The molecule has 2 aromatic rings. The summed E-state index contributed by atoms with van der Waals surface area (Å²) < 4.78 is 13.4. The van der Waals surface area contributed by atoms with Gasteiger partial charge in [0.2, 0.25) is 0 Å². The van der Waals surface area contributed by atoms with Gasteiger partial charge in [0.15, 0.2) is 0 Å². The van der Waals surface area contributed by atoms with E-state index in [1.807, 2.05) is 0 Å². The molecule has 94 valence electrons. The number of nitrogens with zero attached hydrogens (tertiary/aromatic N) is 2. The minimum absolute atomic E-state index is 0.243. The Bertz CT molecular complexity index is 500. The third kappa shape index (κ3) is 3.11. The van der Waals surface area contributed by atoms with E-state index in [1.165, 1.54) is 18.5 Å². The molecule has 0 atom stereocenters.